The summed E-state index contributed by atoms with van der Waals surface area (Å²) in [5.41, 5.74) is 5.95. The molecule has 2 aromatic heterocycles. The van der Waals surface area contributed by atoms with Crippen LogP contribution in [0.4, 0.5) is 4.39 Å². The van der Waals surface area contributed by atoms with Crippen LogP contribution in [0.2, 0.25) is 0 Å². The SMILES string of the molecule is COCCCSc1cccnc1C1(c2nnn[nH]2)C=NC(N)=C(Oc2ccc(F)cc2)C1. The van der Waals surface area contributed by atoms with E-state index in [1.807, 2.05) is 12.1 Å². The fraction of sp³-hybridized carbons (Fsp3) is 0.286. The van der Waals surface area contributed by atoms with Gasteiger partial charge in [0.15, 0.2) is 11.6 Å². The van der Waals surface area contributed by atoms with Crippen LogP contribution in [0.1, 0.15) is 24.4 Å². The van der Waals surface area contributed by atoms with E-state index >= 15 is 0 Å². The Balaban J connectivity index is 1.70. The summed E-state index contributed by atoms with van der Waals surface area (Å²) in [7, 11) is 1.68. The number of aromatic amines is 1. The van der Waals surface area contributed by atoms with Crippen LogP contribution in [0.3, 0.4) is 0 Å². The Morgan fingerprint density at radius 2 is 2.09 bits per heavy atom. The van der Waals surface area contributed by atoms with Crippen molar-refractivity contribution in [3.8, 4) is 5.75 Å². The highest BCUT2D eigenvalue weighted by Crippen LogP contribution is 2.41. The summed E-state index contributed by atoms with van der Waals surface area (Å²) in [6.07, 6.45) is 4.59. The first-order valence-corrected chi connectivity index (χ1v) is 10.9. The van der Waals surface area contributed by atoms with Gasteiger partial charge < -0.3 is 15.2 Å². The Bertz CT molecular complexity index is 1110. The van der Waals surface area contributed by atoms with Gasteiger partial charge in [-0.05, 0) is 53.2 Å². The molecule has 0 spiro atoms. The van der Waals surface area contributed by atoms with Crippen molar-refractivity contribution in [1.82, 2.24) is 25.6 Å². The number of methoxy groups -OCH3 is 1. The summed E-state index contributed by atoms with van der Waals surface area (Å²) in [6, 6.07) is 9.58. The van der Waals surface area contributed by atoms with Crippen LogP contribution in [-0.4, -0.2) is 51.3 Å². The zero-order valence-electron chi connectivity index (χ0n) is 17.4. The Morgan fingerprint density at radius 1 is 1.25 bits per heavy atom. The minimum Gasteiger partial charge on any atom is -0.458 e. The number of ether oxygens (including phenoxy) is 2. The zero-order chi connectivity index (χ0) is 22.4. The molecule has 0 radical (unpaired) electrons. The number of pyridine rings is 1. The summed E-state index contributed by atoms with van der Waals surface area (Å²) in [6.45, 7) is 0.677. The molecule has 0 saturated heterocycles. The minimum atomic E-state index is -0.924. The Labute approximate surface area is 188 Å². The molecule has 4 rings (SSSR count). The van der Waals surface area contributed by atoms with Gasteiger partial charge in [0.2, 0.25) is 0 Å². The summed E-state index contributed by atoms with van der Waals surface area (Å²) < 4.78 is 24.5. The maximum absolute atomic E-state index is 13.3. The number of rotatable bonds is 9. The molecule has 166 valence electrons. The van der Waals surface area contributed by atoms with Gasteiger partial charge in [0.1, 0.15) is 22.7 Å². The van der Waals surface area contributed by atoms with E-state index in [-0.39, 0.29) is 18.1 Å². The number of benzene rings is 1. The van der Waals surface area contributed by atoms with Crippen LogP contribution in [0, 0.1) is 5.82 Å². The molecule has 11 heteroatoms. The van der Waals surface area contributed by atoms with E-state index in [1.54, 1.807) is 31.3 Å². The molecule has 0 bridgehead atoms. The number of nitrogens with two attached hydrogens (primary N) is 1. The second-order valence-electron chi connectivity index (χ2n) is 7.07. The molecule has 32 heavy (non-hydrogen) atoms. The molecular formula is C21H22FN7O2S. The number of aromatic nitrogens is 5. The van der Waals surface area contributed by atoms with Crippen molar-refractivity contribution in [3.05, 3.63) is 71.5 Å². The molecule has 9 nitrogen and oxygen atoms in total. The van der Waals surface area contributed by atoms with Gasteiger partial charge in [-0.3, -0.25) is 4.98 Å². The molecule has 1 aromatic carbocycles. The monoisotopic (exact) mass is 455 g/mol. The zero-order valence-corrected chi connectivity index (χ0v) is 18.2. The van der Waals surface area contributed by atoms with Gasteiger partial charge in [-0.15, -0.1) is 16.9 Å². The summed E-state index contributed by atoms with van der Waals surface area (Å²) in [4.78, 5) is 10.1. The Hall–Kier alpha value is -3.31. The van der Waals surface area contributed by atoms with Crippen LogP contribution >= 0.6 is 11.8 Å². The molecule has 1 aliphatic heterocycles. The van der Waals surface area contributed by atoms with Crippen molar-refractivity contribution in [2.75, 3.05) is 19.5 Å². The number of aliphatic imine (C=N–C) groups is 1. The molecule has 3 N–H and O–H groups in total. The Kier molecular flexibility index (Phi) is 6.76. The van der Waals surface area contributed by atoms with Crippen molar-refractivity contribution in [3.63, 3.8) is 0 Å². The van der Waals surface area contributed by atoms with Gasteiger partial charge in [0, 0.05) is 43.2 Å². The normalized spacial score (nSPS) is 18.2. The van der Waals surface area contributed by atoms with Gasteiger partial charge in [-0.25, -0.2) is 14.5 Å². The van der Waals surface area contributed by atoms with Crippen LogP contribution < -0.4 is 10.5 Å². The highest BCUT2D eigenvalue weighted by Gasteiger charge is 2.44. The number of hydrogen-bond acceptors (Lipinski definition) is 9. The van der Waals surface area contributed by atoms with Gasteiger partial charge in [-0.1, -0.05) is 0 Å². The fourth-order valence-corrected chi connectivity index (χ4v) is 4.38. The molecule has 1 atom stereocenters. The van der Waals surface area contributed by atoms with Crippen LogP contribution in [0.25, 0.3) is 0 Å². The number of nitrogens with one attached hydrogen (secondary N) is 1. The number of tetrazole rings is 1. The van der Waals surface area contributed by atoms with Gasteiger partial charge in [0.05, 0.1) is 5.69 Å². The van der Waals surface area contributed by atoms with Gasteiger partial charge in [0.25, 0.3) is 0 Å². The van der Waals surface area contributed by atoms with E-state index in [0.29, 0.717) is 23.9 Å². The lowest BCUT2D eigenvalue weighted by Crippen LogP contribution is -2.37. The van der Waals surface area contributed by atoms with Crippen LogP contribution in [0.5, 0.6) is 5.75 Å². The van der Waals surface area contributed by atoms with E-state index in [4.69, 9.17) is 15.2 Å². The van der Waals surface area contributed by atoms with E-state index < -0.39 is 5.41 Å². The third-order valence-corrected chi connectivity index (χ3v) is 6.05. The molecule has 0 saturated carbocycles. The molecule has 0 aliphatic carbocycles. The van der Waals surface area contributed by atoms with E-state index in [1.165, 1.54) is 24.3 Å². The van der Waals surface area contributed by atoms with Gasteiger partial charge >= 0.3 is 0 Å². The maximum atomic E-state index is 13.3. The molecule has 1 unspecified atom stereocenters. The lowest BCUT2D eigenvalue weighted by Gasteiger charge is -2.31. The highest BCUT2D eigenvalue weighted by atomic mass is 32.2. The first-order chi connectivity index (χ1) is 15.6. The van der Waals surface area contributed by atoms with Crippen molar-refractivity contribution in [2.24, 2.45) is 10.7 Å². The average Bonchev–Trinajstić information content (AvgIpc) is 3.36. The van der Waals surface area contributed by atoms with Crippen molar-refractivity contribution in [1.29, 1.82) is 0 Å². The average molecular weight is 456 g/mol. The fourth-order valence-electron chi connectivity index (χ4n) is 3.35. The smallest absolute Gasteiger partial charge is 0.166 e. The second-order valence-corrected chi connectivity index (χ2v) is 8.20. The number of thioether (sulfide) groups is 1. The summed E-state index contributed by atoms with van der Waals surface area (Å²) in [5.74, 6) is 2.05. The molecule has 1 aliphatic rings. The maximum Gasteiger partial charge on any atom is 0.166 e. The number of nitrogens with zero attached hydrogens (tertiary/aromatic N) is 5. The largest absolute Gasteiger partial charge is 0.458 e. The molecule has 0 fully saturated rings. The predicted molar refractivity (Wildman–Crippen MR) is 118 cm³/mol. The quantitative estimate of drug-likeness (QED) is 0.373. The van der Waals surface area contributed by atoms with E-state index in [9.17, 15) is 4.39 Å². The van der Waals surface area contributed by atoms with Crippen molar-refractivity contribution >= 4 is 18.0 Å². The molecule has 0 amide bonds. The molecular weight excluding hydrogens is 433 g/mol. The number of allylic oxidation sites excluding steroid dienone is 1. The second kappa shape index (κ2) is 9.88. The van der Waals surface area contributed by atoms with E-state index in [2.05, 4.69) is 30.6 Å². The first kappa shape index (κ1) is 21.9. The number of hydrogen-bond donors (Lipinski definition) is 2. The lowest BCUT2D eigenvalue weighted by molar-refractivity contribution is 0.200. The third-order valence-electron chi connectivity index (χ3n) is 4.92. The van der Waals surface area contributed by atoms with E-state index in [0.717, 1.165) is 22.8 Å². The van der Waals surface area contributed by atoms with Gasteiger partial charge in [-0.2, -0.15) is 0 Å². The third kappa shape index (κ3) is 4.63. The standard InChI is InChI=1S/C21H22FN7O2S/c1-30-10-3-11-32-17-4-2-9-24-18(17)21(20-26-28-29-27-20)12-16(19(23)25-13-21)31-15-7-5-14(22)6-8-15/h2,4-9,13H,3,10-12,23H2,1H3,(H,26,27,28,29). The molecule has 3 heterocycles. The van der Waals surface area contributed by atoms with Crippen LogP contribution in [-0.2, 0) is 10.2 Å². The predicted octanol–water partition coefficient (Wildman–Crippen LogP) is 2.83. The number of H-pyrrole nitrogens is 1. The summed E-state index contributed by atoms with van der Waals surface area (Å²) >= 11 is 1.67. The highest BCUT2D eigenvalue weighted by molar-refractivity contribution is 7.99. The first-order valence-electron chi connectivity index (χ1n) is 9.91. The minimum absolute atomic E-state index is 0.225. The Morgan fingerprint density at radius 3 is 2.84 bits per heavy atom. The van der Waals surface area contributed by atoms with Crippen LogP contribution in [0.15, 0.2) is 64.1 Å². The number of halogens is 1. The lowest BCUT2D eigenvalue weighted by atomic mass is 9.79. The van der Waals surface area contributed by atoms with Crippen molar-refractivity contribution < 1.29 is 13.9 Å². The summed E-state index contributed by atoms with van der Waals surface area (Å²) in [5, 5.41) is 14.5. The topological polar surface area (TPSA) is 124 Å². The molecule has 3 aromatic rings. The van der Waals surface area contributed by atoms with Crippen molar-refractivity contribution in [2.45, 2.75) is 23.2 Å².